The highest BCUT2D eigenvalue weighted by atomic mass is 32.1. The maximum atomic E-state index is 5.51. The van der Waals surface area contributed by atoms with E-state index in [2.05, 4.69) is 20.6 Å². The van der Waals surface area contributed by atoms with Gasteiger partial charge in [-0.1, -0.05) is 0 Å². The number of methoxy groups -OCH3 is 1. The first-order chi connectivity index (χ1) is 9.17. The molecule has 2 rings (SSSR count). The quantitative estimate of drug-likeness (QED) is 0.806. The van der Waals surface area contributed by atoms with Crippen LogP contribution >= 0.6 is 12.2 Å². The van der Waals surface area contributed by atoms with Gasteiger partial charge in [0.25, 0.3) is 0 Å². The van der Waals surface area contributed by atoms with E-state index < -0.39 is 0 Å². The zero-order valence-corrected chi connectivity index (χ0v) is 11.9. The van der Waals surface area contributed by atoms with Crippen molar-refractivity contribution in [1.82, 2.24) is 15.3 Å². The maximum absolute atomic E-state index is 5.51. The molecule has 0 amide bonds. The number of thiocarbonyl (C=S) groups is 1. The fourth-order valence-corrected chi connectivity index (χ4v) is 2.03. The highest BCUT2D eigenvalue weighted by molar-refractivity contribution is 7.80. The molecule has 1 aromatic rings. The topological polar surface area (TPSA) is 68.3 Å². The van der Waals surface area contributed by atoms with Crippen LogP contribution in [0.3, 0.4) is 0 Å². The molecular formula is C12H18N4O2S. The van der Waals surface area contributed by atoms with E-state index in [0.717, 1.165) is 25.1 Å². The standard InChI is InChI=1S/C12H18N4O2S/c1-8-6-10(17-2)15-11(14-8)16-12(19)13-7-9-4-3-5-18-9/h6,9H,3-5,7H2,1-2H3,(H2,13,14,15,16,19)/t9-/m1/s1. The van der Waals surface area contributed by atoms with Gasteiger partial charge in [0.15, 0.2) is 5.11 Å². The van der Waals surface area contributed by atoms with E-state index in [0.29, 0.717) is 23.5 Å². The van der Waals surface area contributed by atoms with Crippen molar-refractivity contribution >= 4 is 23.3 Å². The fourth-order valence-electron chi connectivity index (χ4n) is 1.86. The summed E-state index contributed by atoms with van der Waals surface area (Å²) < 4.78 is 10.6. The van der Waals surface area contributed by atoms with Gasteiger partial charge in [-0.05, 0) is 32.0 Å². The van der Waals surface area contributed by atoms with Crippen molar-refractivity contribution in [1.29, 1.82) is 0 Å². The van der Waals surface area contributed by atoms with Crippen LogP contribution in [0.4, 0.5) is 5.95 Å². The van der Waals surface area contributed by atoms with Gasteiger partial charge in [-0.15, -0.1) is 0 Å². The molecule has 2 N–H and O–H groups in total. The monoisotopic (exact) mass is 282 g/mol. The van der Waals surface area contributed by atoms with Gasteiger partial charge >= 0.3 is 0 Å². The number of ether oxygens (including phenoxy) is 2. The highest BCUT2D eigenvalue weighted by Crippen LogP contribution is 2.12. The minimum Gasteiger partial charge on any atom is -0.481 e. The van der Waals surface area contributed by atoms with Gasteiger partial charge in [0.05, 0.1) is 13.2 Å². The van der Waals surface area contributed by atoms with Crippen LogP contribution in [-0.4, -0.2) is 41.4 Å². The molecule has 7 heteroatoms. The average molecular weight is 282 g/mol. The Morgan fingerprint density at radius 3 is 3.11 bits per heavy atom. The predicted octanol–water partition coefficient (Wildman–Crippen LogP) is 1.26. The number of nitrogens with zero attached hydrogens (tertiary/aromatic N) is 2. The molecule has 1 fully saturated rings. The first kappa shape index (κ1) is 14.0. The van der Waals surface area contributed by atoms with E-state index in [1.54, 1.807) is 13.2 Å². The van der Waals surface area contributed by atoms with Crippen molar-refractivity contribution in [3.05, 3.63) is 11.8 Å². The molecule has 0 spiro atoms. The minimum absolute atomic E-state index is 0.243. The zero-order valence-electron chi connectivity index (χ0n) is 11.1. The molecule has 2 heterocycles. The van der Waals surface area contributed by atoms with Crippen molar-refractivity contribution in [2.24, 2.45) is 0 Å². The maximum Gasteiger partial charge on any atom is 0.232 e. The van der Waals surface area contributed by atoms with Gasteiger partial charge in [0.1, 0.15) is 0 Å². The van der Waals surface area contributed by atoms with Crippen LogP contribution in [0.25, 0.3) is 0 Å². The average Bonchev–Trinajstić information content (AvgIpc) is 2.88. The molecule has 1 saturated heterocycles. The van der Waals surface area contributed by atoms with Crippen molar-refractivity contribution in [2.75, 3.05) is 25.6 Å². The van der Waals surface area contributed by atoms with Crippen molar-refractivity contribution in [3.8, 4) is 5.88 Å². The molecule has 0 saturated carbocycles. The Kier molecular flexibility index (Phi) is 4.86. The van der Waals surface area contributed by atoms with E-state index >= 15 is 0 Å². The van der Waals surface area contributed by atoms with Crippen LogP contribution < -0.4 is 15.4 Å². The lowest BCUT2D eigenvalue weighted by atomic mass is 10.2. The molecule has 0 aromatic carbocycles. The Balaban J connectivity index is 1.85. The molecular weight excluding hydrogens is 264 g/mol. The Hall–Kier alpha value is -1.47. The second-order valence-electron chi connectivity index (χ2n) is 4.35. The summed E-state index contributed by atoms with van der Waals surface area (Å²) in [5.74, 6) is 0.943. The summed E-state index contributed by atoms with van der Waals surface area (Å²) in [6.45, 7) is 3.41. The van der Waals surface area contributed by atoms with Gasteiger partial charge in [0, 0.05) is 24.9 Å². The van der Waals surface area contributed by atoms with Crippen LogP contribution in [0, 0.1) is 6.92 Å². The van der Waals surface area contributed by atoms with Crippen LogP contribution in [0.1, 0.15) is 18.5 Å². The molecule has 1 aliphatic rings. The number of anilines is 1. The molecule has 0 unspecified atom stereocenters. The van der Waals surface area contributed by atoms with E-state index in [4.69, 9.17) is 21.7 Å². The Morgan fingerprint density at radius 2 is 2.42 bits per heavy atom. The third-order valence-electron chi connectivity index (χ3n) is 2.78. The largest absolute Gasteiger partial charge is 0.481 e. The van der Waals surface area contributed by atoms with E-state index in [1.165, 1.54) is 0 Å². The first-order valence-electron chi connectivity index (χ1n) is 6.23. The number of aromatic nitrogens is 2. The summed E-state index contributed by atoms with van der Waals surface area (Å²) >= 11 is 5.19. The molecule has 104 valence electrons. The van der Waals surface area contributed by atoms with Gasteiger partial charge in [-0.25, -0.2) is 4.98 Å². The van der Waals surface area contributed by atoms with E-state index in [9.17, 15) is 0 Å². The first-order valence-corrected chi connectivity index (χ1v) is 6.64. The van der Waals surface area contributed by atoms with Crippen LogP contribution in [0.2, 0.25) is 0 Å². The second-order valence-corrected chi connectivity index (χ2v) is 4.75. The number of hydrogen-bond donors (Lipinski definition) is 2. The zero-order chi connectivity index (χ0) is 13.7. The Morgan fingerprint density at radius 1 is 1.58 bits per heavy atom. The van der Waals surface area contributed by atoms with E-state index in [1.807, 2.05) is 6.92 Å². The highest BCUT2D eigenvalue weighted by Gasteiger charge is 2.15. The Labute approximate surface area is 117 Å². The van der Waals surface area contributed by atoms with Crippen LogP contribution in [0.15, 0.2) is 6.07 Å². The Bertz CT molecular complexity index is 449. The number of hydrogen-bond acceptors (Lipinski definition) is 5. The van der Waals surface area contributed by atoms with Crippen LogP contribution in [0.5, 0.6) is 5.88 Å². The summed E-state index contributed by atoms with van der Waals surface area (Å²) in [7, 11) is 1.57. The van der Waals surface area contributed by atoms with E-state index in [-0.39, 0.29) is 6.10 Å². The molecule has 1 aliphatic heterocycles. The van der Waals surface area contributed by atoms with Crippen molar-refractivity contribution in [3.63, 3.8) is 0 Å². The number of nitrogens with one attached hydrogen (secondary N) is 2. The molecule has 1 atom stereocenters. The molecule has 0 bridgehead atoms. The van der Waals surface area contributed by atoms with Gasteiger partial charge in [-0.3, -0.25) is 0 Å². The van der Waals surface area contributed by atoms with Gasteiger partial charge in [-0.2, -0.15) is 4.98 Å². The van der Waals surface area contributed by atoms with Crippen LogP contribution in [-0.2, 0) is 4.74 Å². The summed E-state index contributed by atoms with van der Waals surface area (Å²) in [6.07, 6.45) is 2.43. The van der Waals surface area contributed by atoms with Gasteiger partial charge in [0.2, 0.25) is 11.8 Å². The van der Waals surface area contributed by atoms with Crippen molar-refractivity contribution < 1.29 is 9.47 Å². The molecule has 1 aromatic heterocycles. The predicted molar refractivity (Wildman–Crippen MR) is 76.5 cm³/mol. The lowest BCUT2D eigenvalue weighted by molar-refractivity contribution is 0.114. The molecule has 6 nitrogen and oxygen atoms in total. The summed E-state index contributed by atoms with van der Waals surface area (Å²) in [4.78, 5) is 8.41. The number of rotatable bonds is 4. The summed E-state index contributed by atoms with van der Waals surface area (Å²) in [6, 6.07) is 1.76. The second kappa shape index (κ2) is 6.63. The summed E-state index contributed by atoms with van der Waals surface area (Å²) in [5, 5.41) is 6.54. The molecule has 19 heavy (non-hydrogen) atoms. The third-order valence-corrected chi connectivity index (χ3v) is 3.03. The third kappa shape index (κ3) is 4.29. The number of aryl methyl sites for hydroxylation is 1. The molecule has 0 radical (unpaired) electrons. The summed E-state index contributed by atoms with van der Waals surface area (Å²) in [5.41, 5.74) is 0.816. The minimum atomic E-state index is 0.243. The lowest BCUT2D eigenvalue weighted by Crippen LogP contribution is -2.35. The SMILES string of the molecule is COc1cc(C)nc(NC(=S)NC[C@H]2CCCO2)n1. The normalized spacial score (nSPS) is 18.1. The van der Waals surface area contributed by atoms with Gasteiger partial charge < -0.3 is 20.1 Å². The lowest BCUT2D eigenvalue weighted by Gasteiger charge is -2.13. The molecule has 0 aliphatic carbocycles. The van der Waals surface area contributed by atoms with Crippen molar-refractivity contribution in [2.45, 2.75) is 25.9 Å². The smallest absolute Gasteiger partial charge is 0.232 e. The fraction of sp³-hybridized carbons (Fsp3) is 0.583.